The summed E-state index contributed by atoms with van der Waals surface area (Å²) in [6.45, 7) is 6.57. The first-order valence-electron chi connectivity index (χ1n) is 9.06. The van der Waals surface area contributed by atoms with Crippen LogP contribution in [-0.4, -0.2) is 45.5 Å². The highest BCUT2D eigenvalue weighted by Gasteiger charge is 2.11. The first kappa shape index (κ1) is 20.8. The monoisotopic (exact) mass is 473 g/mol. The average Bonchev–Trinajstić information content (AvgIpc) is 2.88. The van der Waals surface area contributed by atoms with Crippen LogP contribution in [0.4, 0.5) is 5.69 Å². The molecule has 144 valence electrons. The van der Waals surface area contributed by atoms with Crippen LogP contribution < -0.4 is 20.1 Å². The summed E-state index contributed by atoms with van der Waals surface area (Å²) >= 11 is 0. The molecule has 0 fully saturated rings. The Morgan fingerprint density at radius 1 is 1.15 bits per heavy atom. The van der Waals surface area contributed by atoms with E-state index < -0.39 is 0 Å². The second-order valence-corrected chi connectivity index (χ2v) is 6.03. The molecule has 0 aromatic heterocycles. The summed E-state index contributed by atoms with van der Waals surface area (Å²) in [6.07, 6.45) is 5.06. The molecule has 6 nitrogen and oxygen atoms in total. The standard InChI is InChI=1S/C19H27N3O3.HI/c1-2-20-19(21-9-6-15-7-12-23-13-8-15)22-16-4-5-17-18(14-16)25-11-3-10-24-17;/h4-5,7,14H,2-3,6,8-13H2,1H3,(H2,20,21,22);1H. The zero-order chi connectivity index (χ0) is 17.3. The van der Waals surface area contributed by atoms with Crippen LogP contribution in [0.25, 0.3) is 0 Å². The summed E-state index contributed by atoms with van der Waals surface area (Å²) in [7, 11) is 0. The van der Waals surface area contributed by atoms with E-state index in [0.717, 1.165) is 68.7 Å². The van der Waals surface area contributed by atoms with Gasteiger partial charge in [0.1, 0.15) is 0 Å². The predicted octanol–water partition coefficient (Wildman–Crippen LogP) is 3.58. The third-order valence-electron chi connectivity index (χ3n) is 4.11. The fourth-order valence-electron chi connectivity index (χ4n) is 2.79. The van der Waals surface area contributed by atoms with Crippen molar-refractivity contribution in [2.75, 3.05) is 44.8 Å². The van der Waals surface area contributed by atoms with Crippen LogP contribution >= 0.6 is 24.0 Å². The van der Waals surface area contributed by atoms with Gasteiger partial charge in [-0.25, -0.2) is 0 Å². The number of benzene rings is 1. The van der Waals surface area contributed by atoms with Gasteiger partial charge in [-0.3, -0.25) is 4.99 Å². The van der Waals surface area contributed by atoms with Crippen LogP contribution in [0.1, 0.15) is 26.2 Å². The molecule has 0 bridgehead atoms. The zero-order valence-corrected chi connectivity index (χ0v) is 17.6. The van der Waals surface area contributed by atoms with Gasteiger partial charge in [0, 0.05) is 31.3 Å². The van der Waals surface area contributed by atoms with E-state index in [-0.39, 0.29) is 24.0 Å². The number of nitrogens with zero attached hydrogens (tertiary/aromatic N) is 1. The number of hydrogen-bond acceptors (Lipinski definition) is 4. The summed E-state index contributed by atoms with van der Waals surface area (Å²) in [5.74, 6) is 2.37. The van der Waals surface area contributed by atoms with Gasteiger partial charge in [-0.05, 0) is 31.9 Å². The summed E-state index contributed by atoms with van der Waals surface area (Å²) in [5.41, 5.74) is 2.37. The van der Waals surface area contributed by atoms with Gasteiger partial charge in [0.2, 0.25) is 0 Å². The lowest BCUT2D eigenvalue weighted by Crippen LogP contribution is -2.30. The lowest BCUT2D eigenvalue weighted by molar-refractivity contribution is 0.153. The van der Waals surface area contributed by atoms with Gasteiger partial charge >= 0.3 is 0 Å². The van der Waals surface area contributed by atoms with Crippen LogP contribution in [0, 0.1) is 0 Å². The highest BCUT2D eigenvalue weighted by molar-refractivity contribution is 14.0. The van der Waals surface area contributed by atoms with Crippen molar-refractivity contribution in [3.05, 3.63) is 29.8 Å². The van der Waals surface area contributed by atoms with Crippen molar-refractivity contribution in [3.8, 4) is 11.5 Å². The van der Waals surface area contributed by atoms with E-state index in [0.29, 0.717) is 13.2 Å². The van der Waals surface area contributed by atoms with Crippen LogP contribution in [0.5, 0.6) is 11.5 Å². The molecule has 0 unspecified atom stereocenters. The van der Waals surface area contributed by atoms with E-state index in [1.165, 1.54) is 5.57 Å². The smallest absolute Gasteiger partial charge is 0.195 e. The molecular formula is C19H28IN3O3. The zero-order valence-electron chi connectivity index (χ0n) is 15.3. The van der Waals surface area contributed by atoms with Crippen LogP contribution in [-0.2, 0) is 4.74 Å². The van der Waals surface area contributed by atoms with Crippen molar-refractivity contribution in [2.45, 2.75) is 26.2 Å². The molecule has 0 spiro atoms. The van der Waals surface area contributed by atoms with Gasteiger partial charge in [0.05, 0.1) is 26.4 Å². The molecule has 0 amide bonds. The quantitative estimate of drug-likeness (QED) is 0.296. The molecule has 1 aromatic rings. The minimum Gasteiger partial charge on any atom is -0.490 e. The molecule has 26 heavy (non-hydrogen) atoms. The summed E-state index contributed by atoms with van der Waals surface area (Å²) in [4.78, 5) is 4.67. The fourth-order valence-corrected chi connectivity index (χ4v) is 2.79. The van der Waals surface area contributed by atoms with Crippen molar-refractivity contribution in [2.24, 2.45) is 4.99 Å². The lowest BCUT2D eigenvalue weighted by Gasteiger charge is -2.15. The Labute approximate surface area is 172 Å². The number of hydrogen-bond donors (Lipinski definition) is 2. The third kappa shape index (κ3) is 6.35. The second-order valence-electron chi connectivity index (χ2n) is 6.03. The number of halogens is 1. The maximum absolute atomic E-state index is 5.75. The molecule has 2 aliphatic rings. The highest BCUT2D eigenvalue weighted by atomic mass is 127. The number of aliphatic imine (C=N–C) groups is 1. The van der Waals surface area contributed by atoms with E-state index in [1.807, 2.05) is 18.2 Å². The minimum atomic E-state index is 0. The average molecular weight is 473 g/mol. The molecule has 2 N–H and O–H groups in total. The lowest BCUT2D eigenvalue weighted by atomic mass is 10.1. The summed E-state index contributed by atoms with van der Waals surface area (Å²) < 4.78 is 16.8. The third-order valence-corrected chi connectivity index (χ3v) is 4.11. The van der Waals surface area contributed by atoms with Crippen molar-refractivity contribution in [3.63, 3.8) is 0 Å². The molecular weight excluding hydrogens is 445 g/mol. The van der Waals surface area contributed by atoms with Crippen LogP contribution in [0.15, 0.2) is 34.8 Å². The molecule has 0 aliphatic carbocycles. The Morgan fingerprint density at radius 2 is 2.00 bits per heavy atom. The normalized spacial score (nSPS) is 16.8. The number of nitrogens with one attached hydrogen (secondary N) is 2. The van der Waals surface area contributed by atoms with Crippen LogP contribution in [0.2, 0.25) is 0 Å². The first-order valence-corrected chi connectivity index (χ1v) is 9.06. The molecule has 0 saturated heterocycles. The topological polar surface area (TPSA) is 64.1 Å². The highest BCUT2D eigenvalue weighted by Crippen LogP contribution is 2.32. The predicted molar refractivity (Wildman–Crippen MR) is 115 cm³/mol. The van der Waals surface area contributed by atoms with Gasteiger partial charge in [0.25, 0.3) is 0 Å². The summed E-state index contributed by atoms with van der Waals surface area (Å²) in [5, 5.41) is 6.63. The maximum atomic E-state index is 5.75. The van der Waals surface area contributed by atoms with Crippen molar-refractivity contribution in [1.82, 2.24) is 5.32 Å². The van der Waals surface area contributed by atoms with Gasteiger partial charge < -0.3 is 24.8 Å². The maximum Gasteiger partial charge on any atom is 0.195 e. The number of guanidine groups is 1. The Bertz CT molecular complexity index is 634. The number of rotatable bonds is 5. The Hall–Kier alpha value is -1.48. The van der Waals surface area contributed by atoms with Crippen molar-refractivity contribution in [1.29, 1.82) is 0 Å². The SMILES string of the molecule is CCNC(=NCCC1=CCOCC1)Nc1ccc2c(c1)OCCCO2.I. The first-order chi connectivity index (χ1) is 12.3. The molecule has 1 aromatic carbocycles. The van der Waals surface area contributed by atoms with Crippen molar-refractivity contribution >= 4 is 35.6 Å². The van der Waals surface area contributed by atoms with Gasteiger partial charge in [-0.15, -0.1) is 24.0 Å². The van der Waals surface area contributed by atoms with E-state index in [4.69, 9.17) is 14.2 Å². The fraction of sp³-hybridized carbons (Fsp3) is 0.526. The molecule has 7 heteroatoms. The minimum absolute atomic E-state index is 0. The summed E-state index contributed by atoms with van der Waals surface area (Å²) in [6, 6.07) is 5.90. The van der Waals surface area contributed by atoms with Crippen LogP contribution in [0.3, 0.4) is 0 Å². The number of ether oxygens (including phenoxy) is 3. The van der Waals surface area contributed by atoms with E-state index in [1.54, 1.807) is 0 Å². The molecule has 2 aliphatic heterocycles. The van der Waals surface area contributed by atoms with E-state index >= 15 is 0 Å². The Kier molecular flexibility index (Phi) is 9.04. The van der Waals surface area contributed by atoms with Gasteiger partial charge in [-0.1, -0.05) is 11.6 Å². The molecule has 0 radical (unpaired) electrons. The Balaban J connectivity index is 0.00000243. The number of fused-ring (bicyclic) bond motifs is 1. The molecule has 2 heterocycles. The van der Waals surface area contributed by atoms with E-state index in [2.05, 4.69) is 28.6 Å². The van der Waals surface area contributed by atoms with Gasteiger partial charge in [-0.2, -0.15) is 0 Å². The molecule has 0 atom stereocenters. The van der Waals surface area contributed by atoms with Gasteiger partial charge in [0.15, 0.2) is 17.5 Å². The molecule has 0 saturated carbocycles. The molecule has 3 rings (SSSR count). The largest absolute Gasteiger partial charge is 0.490 e. The number of anilines is 1. The van der Waals surface area contributed by atoms with E-state index in [9.17, 15) is 0 Å². The second kappa shape index (κ2) is 11.3. The van der Waals surface area contributed by atoms with Crippen molar-refractivity contribution < 1.29 is 14.2 Å². The Morgan fingerprint density at radius 3 is 2.77 bits per heavy atom.